The molecule has 118 valence electrons. The van der Waals surface area contributed by atoms with Gasteiger partial charge in [-0.2, -0.15) is 0 Å². The molecule has 1 aliphatic heterocycles. The molecule has 1 rings (SSSR count). The van der Waals surface area contributed by atoms with Gasteiger partial charge in [0, 0.05) is 26.2 Å². The van der Waals surface area contributed by atoms with Gasteiger partial charge < -0.3 is 19.9 Å². The fraction of sp³-hybridized carbons (Fsp3) is 0.933. The van der Waals surface area contributed by atoms with E-state index >= 15 is 0 Å². The van der Waals surface area contributed by atoms with Gasteiger partial charge >= 0.3 is 5.97 Å². The summed E-state index contributed by atoms with van der Waals surface area (Å²) in [4.78, 5) is 16.9. The van der Waals surface area contributed by atoms with Crippen molar-refractivity contribution in [2.24, 2.45) is 0 Å². The lowest BCUT2D eigenvalue weighted by Gasteiger charge is -2.40. The van der Waals surface area contributed by atoms with Crippen molar-refractivity contribution in [3.8, 4) is 0 Å². The number of ether oxygens (including phenoxy) is 1. The highest BCUT2D eigenvalue weighted by Crippen LogP contribution is 2.23. The number of hydrogen-bond acceptors (Lipinski definition) is 5. The molecular weight excluding hydrogens is 254 g/mol. The highest BCUT2D eigenvalue weighted by Gasteiger charge is 2.41. The van der Waals surface area contributed by atoms with E-state index in [2.05, 4.69) is 35.9 Å². The lowest BCUT2D eigenvalue weighted by molar-refractivity contribution is -0.151. The van der Waals surface area contributed by atoms with Gasteiger partial charge in [-0.25, -0.2) is 0 Å². The van der Waals surface area contributed by atoms with Crippen LogP contribution in [0.15, 0.2) is 0 Å². The second kappa shape index (κ2) is 8.60. The van der Waals surface area contributed by atoms with Gasteiger partial charge in [0.1, 0.15) is 5.54 Å². The fourth-order valence-corrected chi connectivity index (χ4v) is 2.89. The Hall–Kier alpha value is -0.650. The summed E-state index contributed by atoms with van der Waals surface area (Å²) in [6.45, 7) is 13.4. The normalized spacial score (nSPS) is 19.2. The van der Waals surface area contributed by atoms with Crippen molar-refractivity contribution in [3.63, 3.8) is 0 Å². The molecule has 0 atom stereocenters. The summed E-state index contributed by atoms with van der Waals surface area (Å²) in [5.74, 6) is -0.104. The van der Waals surface area contributed by atoms with E-state index in [1.165, 1.54) is 7.11 Å². The quantitative estimate of drug-likeness (QED) is 0.673. The molecule has 0 spiro atoms. The average Bonchev–Trinajstić information content (AvgIpc) is 2.51. The number of nitrogens with zero attached hydrogens (tertiary/aromatic N) is 2. The molecule has 0 radical (unpaired) electrons. The first kappa shape index (κ1) is 17.4. The van der Waals surface area contributed by atoms with E-state index in [1.54, 1.807) is 0 Å². The average molecular weight is 285 g/mol. The molecule has 1 aliphatic rings. The van der Waals surface area contributed by atoms with Crippen molar-refractivity contribution in [2.45, 2.75) is 39.2 Å². The third-order valence-corrected chi connectivity index (χ3v) is 4.52. The Kier molecular flexibility index (Phi) is 7.48. The number of hydrogen-bond donors (Lipinski definition) is 1. The fourth-order valence-electron chi connectivity index (χ4n) is 2.89. The van der Waals surface area contributed by atoms with Crippen molar-refractivity contribution in [2.75, 3.05) is 52.9 Å². The molecule has 20 heavy (non-hydrogen) atoms. The molecule has 5 heteroatoms. The second-order valence-corrected chi connectivity index (χ2v) is 5.46. The van der Waals surface area contributed by atoms with Gasteiger partial charge in [-0.1, -0.05) is 20.8 Å². The van der Waals surface area contributed by atoms with Crippen LogP contribution in [0, 0.1) is 0 Å². The van der Waals surface area contributed by atoms with Crippen LogP contribution in [0.3, 0.4) is 0 Å². The Morgan fingerprint density at radius 3 is 2.30 bits per heavy atom. The second-order valence-electron chi connectivity index (χ2n) is 5.46. The van der Waals surface area contributed by atoms with Crippen LogP contribution < -0.4 is 5.32 Å². The maximum atomic E-state index is 12.2. The van der Waals surface area contributed by atoms with Crippen LogP contribution in [0.25, 0.3) is 0 Å². The van der Waals surface area contributed by atoms with Gasteiger partial charge in [-0.05, 0) is 32.5 Å². The Morgan fingerprint density at radius 1 is 1.25 bits per heavy atom. The SMILES string of the molecule is CCN(CC)CCNC1(C(=O)OC)CCN(CC)CC1. The molecule has 1 fully saturated rings. The lowest BCUT2D eigenvalue weighted by Crippen LogP contribution is -2.59. The number of rotatable bonds is 8. The molecule has 0 bridgehead atoms. The summed E-state index contributed by atoms with van der Waals surface area (Å²) in [6.07, 6.45) is 1.68. The zero-order valence-electron chi connectivity index (χ0n) is 13.6. The summed E-state index contributed by atoms with van der Waals surface area (Å²) in [7, 11) is 1.49. The van der Waals surface area contributed by atoms with E-state index in [-0.39, 0.29) is 5.97 Å². The van der Waals surface area contributed by atoms with Crippen molar-refractivity contribution in [1.29, 1.82) is 0 Å². The van der Waals surface area contributed by atoms with E-state index in [0.29, 0.717) is 0 Å². The highest BCUT2D eigenvalue weighted by molar-refractivity contribution is 5.81. The maximum Gasteiger partial charge on any atom is 0.326 e. The van der Waals surface area contributed by atoms with Crippen LogP contribution in [0.5, 0.6) is 0 Å². The molecular formula is C15H31N3O2. The van der Waals surface area contributed by atoms with Crippen LogP contribution in [0.2, 0.25) is 0 Å². The molecule has 1 saturated heterocycles. The van der Waals surface area contributed by atoms with Crippen molar-refractivity contribution in [3.05, 3.63) is 0 Å². The third kappa shape index (κ3) is 4.43. The van der Waals surface area contributed by atoms with Crippen molar-refractivity contribution in [1.82, 2.24) is 15.1 Å². The minimum absolute atomic E-state index is 0.104. The lowest BCUT2D eigenvalue weighted by atomic mass is 9.87. The molecule has 5 nitrogen and oxygen atoms in total. The Balaban J connectivity index is 2.55. The van der Waals surface area contributed by atoms with Gasteiger partial charge in [0.2, 0.25) is 0 Å². The molecule has 0 saturated carbocycles. The zero-order chi connectivity index (χ0) is 15.0. The summed E-state index contributed by atoms with van der Waals surface area (Å²) >= 11 is 0. The first-order valence-corrected chi connectivity index (χ1v) is 7.90. The van der Waals surface area contributed by atoms with Gasteiger partial charge in [0.15, 0.2) is 0 Å². The largest absolute Gasteiger partial charge is 0.468 e. The third-order valence-electron chi connectivity index (χ3n) is 4.52. The number of esters is 1. The molecule has 0 aromatic heterocycles. The summed E-state index contributed by atoms with van der Waals surface area (Å²) in [5, 5.41) is 3.49. The number of piperidine rings is 1. The van der Waals surface area contributed by atoms with Gasteiger partial charge in [0.05, 0.1) is 7.11 Å². The van der Waals surface area contributed by atoms with E-state index in [0.717, 1.165) is 58.7 Å². The number of carbonyl (C=O) groups excluding carboxylic acids is 1. The van der Waals surface area contributed by atoms with Gasteiger partial charge in [-0.15, -0.1) is 0 Å². The topological polar surface area (TPSA) is 44.8 Å². The van der Waals surface area contributed by atoms with E-state index in [9.17, 15) is 4.79 Å². The van der Waals surface area contributed by atoms with Crippen LogP contribution in [-0.4, -0.2) is 74.2 Å². The molecule has 1 N–H and O–H groups in total. The molecule has 0 amide bonds. The van der Waals surface area contributed by atoms with Crippen molar-refractivity contribution >= 4 is 5.97 Å². The predicted octanol–water partition coefficient (Wildman–Crippen LogP) is 0.945. The van der Waals surface area contributed by atoms with E-state index in [1.807, 2.05) is 0 Å². The monoisotopic (exact) mass is 285 g/mol. The molecule has 0 unspecified atom stereocenters. The number of methoxy groups -OCH3 is 1. The number of nitrogens with one attached hydrogen (secondary N) is 1. The molecule has 0 aromatic rings. The van der Waals surface area contributed by atoms with E-state index < -0.39 is 5.54 Å². The molecule has 1 heterocycles. The van der Waals surface area contributed by atoms with Crippen LogP contribution in [-0.2, 0) is 9.53 Å². The summed E-state index contributed by atoms with van der Waals surface area (Å²) in [6, 6.07) is 0. The minimum Gasteiger partial charge on any atom is -0.468 e. The Morgan fingerprint density at radius 2 is 1.85 bits per heavy atom. The smallest absolute Gasteiger partial charge is 0.326 e. The molecule has 0 aliphatic carbocycles. The summed E-state index contributed by atoms with van der Waals surface area (Å²) < 4.78 is 5.04. The first-order valence-electron chi connectivity index (χ1n) is 7.90. The van der Waals surface area contributed by atoms with Crippen LogP contribution >= 0.6 is 0 Å². The highest BCUT2D eigenvalue weighted by atomic mass is 16.5. The predicted molar refractivity (Wildman–Crippen MR) is 81.9 cm³/mol. The number of likely N-dealkylation sites (N-methyl/N-ethyl adjacent to an activating group) is 1. The van der Waals surface area contributed by atoms with Gasteiger partial charge in [-0.3, -0.25) is 4.79 Å². The standard InChI is InChI=1S/C15H31N3O2/c1-5-17(6-2)13-10-16-15(14(19)20-4)8-11-18(7-3)12-9-15/h16H,5-13H2,1-4H3. The van der Waals surface area contributed by atoms with Crippen molar-refractivity contribution < 1.29 is 9.53 Å². The first-order chi connectivity index (χ1) is 9.61. The summed E-state index contributed by atoms with van der Waals surface area (Å²) in [5.41, 5.74) is -0.479. The number of carbonyl (C=O) groups is 1. The Labute approximate surface area is 123 Å². The van der Waals surface area contributed by atoms with E-state index in [4.69, 9.17) is 4.74 Å². The molecule has 0 aromatic carbocycles. The Bertz CT molecular complexity index is 285. The van der Waals surface area contributed by atoms with Crippen LogP contribution in [0.4, 0.5) is 0 Å². The maximum absolute atomic E-state index is 12.2. The van der Waals surface area contributed by atoms with Crippen LogP contribution in [0.1, 0.15) is 33.6 Å². The number of likely N-dealkylation sites (tertiary alicyclic amines) is 1. The minimum atomic E-state index is -0.479. The zero-order valence-corrected chi connectivity index (χ0v) is 13.6. The van der Waals surface area contributed by atoms with Gasteiger partial charge in [0.25, 0.3) is 0 Å².